The van der Waals surface area contributed by atoms with Gasteiger partial charge >= 0.3 is 0 Å². The maximum absolute atomic E-state index is 5.32. The molecule has 94 valence electrons. The fourth-order valence-corrected chi connectivity index (χ4v) is 2.26. The molecular weight excluding hydrogens is 282 g/mol. The van der Waals surface area contributed by atoms with Crippen LogP contribution in [-0.2, 0) is 4.74 Å². The second-order valence-corrected chi connectivity index (χ2v) is 4.94. The summed E-state index contributed by atoms with van der Waals surface area (Å²) in [7, 11) is 0. The number of pyridine rings is 1. The van der Waals surface area contributed by atoms with E-state index in [9.17, 15) is 0 Å². The zero-order chi connectivity index (χ0) is 11.9. The monoisotopic (exact) mass is 299 g/mol. The molecule has 0 saturated carbocycles. The van der Waals surface area contributed by atoms with Crippen molar-refractivity contribution in [2.45, 2.75) is 6.42 Å². The molecule has 17 heavy (non-hydrogen) atoms. The molecule has 0 radical (unpaired) electrons. The Morgan fingerprint density at radius 1 is 1.41 bits per heavy atom. The summed E-state index contributed by atoms with van der Waals surface area (Å²) in [5.41, 5.74) is 1.11. The van der Waals surface area contributed by atoms with Crippen LogP contribution in [0.2, 0.25) is 0 Å². The topological polar surface area (TPSA) is 37.4 Å². The van der Waals surface area contributed by atoms with Crippen molar-refractivity contribution in [1.29, 1.82) is 0 Å². The van der Waals surface area contributed by atoms with E-state index in [0.717, 1.165) is 56.0 Å². The van der Waals surface area contributed by atoms with Gasteiger partial charge < -0.3 is 10.1 Å². The maximum atomic E-state index is 5.32. The van der Waals surface area contributed by atoms with Gasteiger partial charge in [-0.15, -0.1) is 0 Å². The standard InChI is InChI=1S/C12H18BrN3O/c13-11-10-14-4-2-12(11)15-3-1-5-16-6-8-17-9-7-16/h2,4,10H,1,3,5-9H2,(H,14,15). The first kappa shape index (κ1) is 12.8. The van der Waals surface area contributed by atoms with Crippen molar-refractivity contribution in [3.05, 3.63) is 22.9 Å². The van der Waals surface area contributed by atoms with Crippen molar-refractivity contribution in [1.82, 2.24) is 9.88 Å². The highest BCUT2D eigenvalue weighted by atomic mass is 79.9. The third-order valence-electron chi connectivity index (χ3n) is 2.84. The summed E-state index contributed by atoms with van der Waals surface area (Å²) >= 11 is 3.47. The lowest BCUT2D eigenvalue weighted by Gasteiger charge is -2.26. The number of nitrogens with zero attached hydrogens (tertiary/aromatic N) is 2. The normalized spacial score (nSPS) is 17.0. The average Bonchev–Trinajstić information content (AvgIpc) is 2.38. The van der Waals surface area contributed by atoms with Crippen molar-refractivity contribution in [2.75, 3.05) is 44.7 Å². The number of nitrogens with one attached hydrogen (secondary N) is 1. The lowest BCUT2D eigenvalue weighted by molar-refractivity contribution is 0.0378. The first-order valence-electron chi connectivity index (χ1n) is 6.00. The lowest BCUT2D eigenvalue weighted by Crippen LogP contribution is -2.37. The van der Waals surface area contributed by atoms with Gasteiger partial charge in [0.05, 0.1) is 23.4 Å². The fourth-order valence-electron chi connectivity index (χ4n) is 1.87. The van der Waals surface area contributed by atoms with Crippen LogP contribution < -0.4 is 5.32 Å². The van der Waals surface area contributed by atoms with Crippen molar-refractivity contribution in [3.8, 4) is 0 Å². The summed E-state index contributed by atoms with van der Waals surface area (Å²) in [5, 5.41) is 3.41. The quantitative estimate of drug-likeness (QED) is 0.844. The van der Waals surface area contributed by atoms with Crippen LogP contribution in [0, 0.1) is 0 Å². The van der Waals surface area contributed by atoms with Crippen molar-refractivity contribution in [2.24, 2.45) is 0 Å². The predicted octanol–water partition coefficient (Wildman–Crippen LogP) is 1.98. The minimum atomic E-state index is 0.878. The Bertz CT molecular complexity index is 342. The Labute approximate surface area is 110 Å². The van der Waals surface area contributed by atoms with Crippen molar-refractivity contribution < 1.29 is 4.74 Å². The predicted molar refractivity (Wildman–Crippen MR) is 72.3 cm³/mol. The number of ether oxygens (including phenoxy) is 1. The van der Waals surface area contributed by atoms with Gasteiger partial charge in [0, 0.05) is 32.0 Å². The number of rotatable bonds is 5. The molecule has 0 amide bonds. The van der Waals surface area contributed by atoms with Gasteiger partial charge in [0.1, 0.15) is 0 Å². The van der Waals surface area contributed by atoms with Crippen LogP contribution in [0.3, 0.4) is 0 Å². The molecule has 0 unspecified atom stereocenters. The third-order valence-corrected chi connectivity index (χ3v) is 3.47. The zero-order valence-electron chi connectivity index (χ0n) is 9.86. The number of halogens is 1. The summed E-state index contributed by atoms with van der Waals surface area (Å²) in [4.78, 5) is 6.49. The largest absolute Gasteiger partial charge is 0.384 e. The van der Waals surface area contributed by atoms with Gasteiger partial charge in [0.2, 0.25) is 0 Å². The summed E-state index contributed by atoms with van der Waals surface area (Å²) < 4.78 is 6.34. The van der Waals surface area contributed by atoms with Gasteiger partial charge in [-0.2, -0.15) is 0 Å². The van der Waals surface area contributed by atoms with Gasteiger partial charge in [0.15, 0.2) is 0 Å². The van der Waals surface area contributed by atoms with Crippen LogP contribution in [0.5, 0.6) is 0 Å². The molecule has 2 heterocycles. The van der Waals surface area contributed by atoms with E-state index >= 15 is 0 Å². The Kier molecular flexibility index (Phi) is 5.22. The molecular formula is C12H18BrN3O. The minimum Gasteiger partial charge on any atom is -0.384 e. The van der Waals surface area contributed by atoms with Crippen LogP contribution in [0.15, 0.2) is 22.9 Å². The van der Waals surface area contributed by atoms with Gasteiger partial charge in [-0.25, -0.2) is 0 Å². The fraction of sp³-hybridized carbons (Fsp3) is 0.583. The van der Waals surface area contributed by atoms with Crippen LogP contribution in [-0.4, -0.2) is 49.3 Å². The number of anilines is 1. The molecule has 4 nitrogen and oxygen atoms in total. The number of aromatic nitrogens is 1. The molecule has 1 fully saturated rings. The summed E-state index contributed by atoms with van der Waals surface area (Å²) in [6, 6.07) is 1.98. The van der Waals surface area contributed by atoms with Crippen LogP contribution in [0.1, 0.15) is 6.42 Å². The van der Waals surface area contributed by atoms with Crippen LogP contribution in [0.25, 0.3) is 0 Å². The lowest BCUT2D eigenvalue weighted by atomic mass is 10.3. The molecule has 2 rings (SSSR count). The van der Waals surface area contributed by atoms with Gasteiger partial charge in [-0.1, -0.05) is 0 Å². The summed E-state index contributed by atoms with van der Waals surface area (Å²) in [5.74, 6) is 0. The summed E-state index contributed by atoms with van der Waals surface area (Å²) in [6.07, 6.45) is 4.76. The maximum Gasteiger partial charge on any atom is 0.0594 e. The highest BCUT2D eigenvalue weighted by molar-refractivity contribution is 9.10. The van der Waals surface area contributed by atoms with Gasteiger partial charge in [-0.3, -0.25) is 9.88 Å². The molecule has 0 bridgehead atoms. The highest BCUT2D eigenvalue weighted by Gasteiger charge is 2.09. The summed E-state index contributed by atoms with van der Waals surface area (Å²) in [6.45, 7) is 6.02. The molecule has 0 aromatic carbocycles. The number of morpholine rings is 1. The van der Waals surface area contributed by atoms with Gasteiger partial charge in [-0.05, 0) is 35.0 Å². The van der Waals surface area contributed by atoms with E-state index in [1.54, 1.807) is 6.20 Å². The number of hydrogen-bond donors (Lipinski definition) is 1. The number of hydrogen-bond acceptors (Lipinski definition) is 4. The molecule has 1 aromatic rings. The minimum absolute atomic E-state index is 0.878. The molecule has 1 aliphatic rings. The molecule has 1 aromatic heterocycles. The van der Waals surface area contributed by atoms with Crippen molar-refractivity contribution in [3.63, 3.8) is 0 Å². The van der Waals surface area contributed by atoms with E-state index in [1.165, 1.54) is 0 Å². The first-order chi connectivity index (χ1) is 8.36. The van der Waals surface area contributed by atoms with Crippen LogP contribution in [0.4, 0.5) is 5.69 Å². The smallest absolute Gasteiger partial charge is 0.0594 e. The first-order valence-corrected chi connectivity index (χ1v) is 6.79. The van der Waals surface area contributed by atoms with Crippen LogP contribution >= 0.6 is 15.9 Å². The SMILES string of the molecule is Brc1cnccc1NCCCN1CCOCC1. The molecule has 1 aliphatic heterocycles. The molecule has 0 aliphatic carbocycles. The second-order valence-electron chi connectivity index (χ2n) is 4.09. The Morgan fingerprint density at radius 3 is 3.00 bits per heavy atom. The molecule has 0 spiro atoms. The zero-order valence-corrected chi connectivity index (χ0v) is 11.4. The second kappa shape index (κ2) is 6.93. The Hall–Kier alpha value is -0.650. The third kappa shape index (κ3) is 4.26. The van der Waals surface area contributed by atoms with E-state index in [-0.39, 0.29) is 0 Å². The Morgan fingerprint density at radius 2 is 2.24 bits per heavy atom. The highest BCUT2D eigenvalue weighted by Crippen LogP contribution is 2.19. The molecule has 0 atom stereocenters. The molecule has 1 saturated heterocycles. The van der Waals surface area contributed by atoms with E-state index in [2.05, 4.69) is 31.1 Å². The van der Waals surface area contributed by atoms with Crippen molar-refractivity contribution >= 4 is 21.6 Å². The van der Waals surface area contributed by atoms with Gasteiger partial charge in [0.25, 0.3) is 0 Å². The Balaban J connectivity index is 1.64. The van der Waals surface area contributed by atoms with E-state index in [4.69, 9.17) is 4.74 Å². The van der Waals surface area contributed by atoms with E-state index in [0.29, 0.717) is 0 Å². The average molecular weight is 300 g/mol. The molecule has 5 heteroatoms. The van der Waals surface area contributed by atoms with E-state index in [1.807, 2.05) is 12.3 Å². The molecule has 1 N–H and O–H groups in total. The van der Waals surface area contributed by atoms with E-state index < -0.39 is 0 Å².